The third kappa shape index (κ3) is 3.11. The Morgan fingerprint density at radius 2 is 1.70 bits per heavy atom. The number of nitrogens with zero attached hydrogens (tertiary/aromatic N) is 1. The van der Waals surface area contributed by atoms with Crippen LogP contribution in [0.5, 0.6) is 0 Å². The zero-order valence-corrected chi connectivity index (χ0v) is 11.6. The van der Waals surface area contributed by atoms with Crippen molar-refractivity contribution in [3.8, 4) is 6.07 Å². The molecule has 0 fully saturated rings. The van der Waals surface area contributed by atoms with Crippen molar-refractivity contribution in [3.05, 3.63) is 63.4 Å². The van der Waals surface area contributed by atoms with E-state index in [0.29, 0.717) is 10.2 Å². The van der Waals surface area contributed by atoms with Gasteiger partial charge in [-0.1, -0.05) is 0 Å². The molecule has 0 aliphatic carbocycles. The Morgan fingerprint density at radius 1 is 1.05 bits per heavy atom. The molecule has 0 heterocycles. The fraction of sp³-hybridized carbons (Fsp3) is 0.0714. The van der Waals surface area contributed by atoms with Gasteiger partial charge in [-0.3, -0.25) is 0 Å². The first-order chi connectivity index (χ1) is 9.51. The maximum absolute atomic E-state index is 13.6. The Morgan fingerprint density at radius 3 is 2.25 bits per heavy atom. The highest BCUT2D eigenvalue weighted by atomic mass is 79.9. The number of anilines is 1. The van der Waals surface area contributed by atoms with Crippen LogP contribution in [0.3, 0.4) is 0 Å². The number of hydrogen-bond donors (Lipinski definition) is 1. The Kier molecular flexibility index (Phi) is 4.30. The van der Waals surface area contributed by atoms with Gasteiger partial charge in [-0.05, 0) is 46.3 Å². The Bertz CT molecular complexity index is 672. The maximum atomic E-state index is 13.6. The molecule has 0 radical (unpaired) electrons. The first kappa shape index (κ1) is 14.4. The molecule has 20 heavy (non-hydrogen) atoms. The van der Waals surface area contributed by atoms with Crippen molar-refractivity contribution in [1.29, 1.82) is 5.26 Å². The van der Waals surface area contributed by atoms with E-state index in [1.54, 1.807) is 12.1 Å². The minimum absolute atomic E-state index is 0.0848. The topological polar surface area (TPSA) is 35.8 Å². The van der Waals surface area contributed by atoms with Gasteiger partial charge in [-0.25, -0.2) is 13.2 Å². The lowest BCUT2D eigenvalue weighted by Gasteiger charge is -2.09. The molecule has 0 saturated carbocycles. The van der Waals surface area contributed by atoms with Gasteiger partial charge in [0.1, 0.15) is 17.5 Å². The maximum Gasteiger partial charge on any atom is 0.139 e. The largest absolute Gasteiger partial charge is 0.381 e. The zero-order valence-electron chi connectivity index (χ0n) is 10.1. The quantitative estimate of drug-likeness (QED) is 0.901. The summed E-state index contributed by atoms with van der Waals surface area (Å²) in [6, 6.07) is 7.87. The van der Waals surface area contributed by atoms with Gasteiger partial charge in [0.15, 0.2) is 0 Å². The highest BCUT2D eigenvalue weighted by molar-refractivity contribution is 9.10. The summed E-state index contributed by atoms with van der Waals surface area (Å²) in [6.07, 6.45) is 0. The van der Waals surface area contributed by atoms with Crippen LogP contribution in [0.15, 0.2) is 34.8 Å². The van der Waals surface area contributed by atoms with E-state index >= 15 is 0 Å². The van der Waals surface area contributed by atoms with E-state index in [-0.39, 0.29) is 17.7 Å². The lowest BCUT2D eigenvalue weighted by molar-refractivity contribution is 0.559. The summed E-state index contributed by atoms with van der Waals surface area (Å²) in [5.41, 5.74) is 0.111. The van der Waals surface area contributed by atoms with Crippen molar-refractivity contribution in [2.24, 2.45) is 0 Å². The summed E-state index contributed by atoms with van der Waals surface area (Å²) in [6.45, 7) is -0.148. The van der Waals surface area contributed by atoms with Gasteiger partial charge in [0.05, 0.1) is 16.1 Å². The first-order valence-corrected chi connectivity index (χ1v) is 6.37. The molecule has 0 spiro atoms. The molecule has 2 nitrogen and oxygen atoms in total. The highest BCUT2D eigenvalue weighted by Gasteiger charge is 2.11. The lowest BCUT2D eigenvalue weighted by atomic mass is 10.1. The molecule has 0 saturated heterocycles. The summed E-state index contributed by atoms with van der Waals surface area (Å²) in [7, 11) is 0. The third-order valence-corrected chi connectivity index (χ3v) is 3.30. The highest BCUT2D eigenvalue weighted by Crippen LogP contribution is 2.21. The molecule has 1 N–H and O–H groups in total. The van der Waals surface area contributed by atoms with E-state index in [0.717, 1.165) is 12.1 Å². The molecule has 0 bridgehead atoms. The Hall–Kier alpha value is -2.00. The second kappa shape index (κ2) is 5.97. The fourth-order valence-electron chi connectivity index (χ4n) is 1.63. The van der Waals surface area contributed by atoms with Gasteiger partial charge >= 0.3 is 0 Å². The number of hydrogen-bond acceptors (Lipinski definition) is 2. The van der Waals surface area contributed by atoms with Crippen LogP contribution in [0.4, 0.5) is 18.9 Å². The van der Waals surface area contributed by atoms with E-state index in [9.17, 15) is 13.2 Å². The predicted molar refractivity (Wildman–Crippen MR) is 72.5 cm³/mol. The third-order valence-electron chi connectivity index (χ3n) is 2.66. The average Bonchev–Trinajstić information content (AvgIpc) is 2.41. The van der Waals surface area contributed by atoms with Crippen LogP contribution < -0.4 is 5.32 Å². The van der Waals surface area contributed by atoms with Crippen LogP contribution in [-0.4, -0.2) is 0 Å². The molecule has 0 atom stereocenters. The minimum Gasteiger partial charge on any atom is -0.381 e. The molecule has 2 rings (SSSR count). The lowest BCUT2D eigenvalue weighted by Crippen LogP contribution is -2.05. The predicted octanol–water partition coefficient (Wildman–Crippen LogP) is 4.35. The number of nitrogens with one attached hydrogen (secondary N) is 1. The summed E-state index contributed by atoms with van der Waals surface area (Å²) < 4.78 is 40.9. The minimum atomic E-state index is -0.813. The summed E-state index contributed by atoms with van der Waals surface area (Å²) >= 11 is 3.01. The SMILES string of the molecule is N#Cc1cc(F)c(CNc2ccc(Br)c(F)c2)c(F)c1. The normalized spacial score (nSPS) is 10.2. The van der Waals surface area contributed by atoms with E-state index in [4.69, 9.17) is 5.26 Å². The van der Waals surface area contributed by atoms with Gasteiger partial charge in [-0.15, -0.1) is 0 Å². The van der Waals surface area contributed by atoms with Crippen molar-refractivity contribution in [3.63, 3.8) is 0 Å². The van der Waals surface area contributed by atoms with Crippen molar-refractivity contribution < 1.29 is 13.2 Å². The number of halogens is 4. The smallest absolute Gasteiger partial charge is 0.139 e. The molecule has 6 heteroatoms. The van der Waals surface area contributed by atoms with E-state index in [2.05, 4.69) is 21.2 Å². The second-order valence-corrected chi connectivity index (χ2v) is 4.87. The Labute approximate surface area is 122 Å². The van der Waals surface area contributed by atoms with Crippen LogP contribution in [0.1, 0.15) is 11.1 Å². The molecule has 0 amide bonds. The first-order valence-electron chi connectivity index (χ1n) is 5.58. The summed E-state index contributed by atoms with van der Waals surface area (Å²) in [4.78, 5) is 0. The van der Waals surface area contributed by atoms with Gasteiger partial charge in [0.2, 0.25) is 0 Å². The summed E-state index contributed by atoms with van der Waals surface area (Å²) in [5, 5.41) is 11.3. The fourth-order valence-corrected chi connectivity index (χ4v) is 1.88. The molecule has 0 aliphatic heterocycles. The van der Waals surface area contributed by atoms with Crippen molar-refractivity contribution >= 4 is 21.6 Å². The number of rotatable bonds is 3. The molecule has 102 valence electrons. The van der Waals surface area contributed by atoms with E-state index in [1.807, 2.05) is 0 Å². The van der Waals surface area contributed by atoms with Gasteiger partial charge in [-0.2, -0.15) is 5.26 Å². The van der Waals surface area contributed by atoms with E-state index in [1.165, 1.54) is 12.1 Å². The molecular weight excluding hydrogens is 333 g/mol. The van der Waals surface area contributed by atoms with E-state index < -0.39 is 17.5 Å². The second-order valence-electron chi connectivity index (χ2n) is 4.01. The van der Waals surface area contributed by atoms with Crippen LogP contribution in [0.2, 0.25) is 0 Å². The average molecular weight is 341 g/mol. The molecular formula is C14H8BrF3N2. The summed E-state index contributed by atoms with van der Waals surface area (Å²) in [5.74, 6) is -2.10. The van der Waals surface area contributed by atoms with Crippen molar-refractivity contribution in [2.75, 3.05) is 5.32 Å². The van der Waals surface area contributed by atoms with Crippen molar-refractivity contribution in [1.82, 2.24) is 0 Å². The van der Waals surface area contributed by atoms with Gasteiger partial charge in [0, 0.05) is 17.8 Å². The molecule has 0 unspecified atom stereocenters. The zero-order chi connectivity index (χ0) is 14.7. The van der Waals surface area contributed by atoms with Gasteiger partial charge in [0.25, 0.3) is 0 Å². The van der Waals surface area contributed by atoms with Crippen LogP contribution >= 0.6 is 15.9 Å². The Balaban J connectivity index is 2.19. The van der Waals surface area contributed by atoms with Crippen LogP contribution in [0.25, 0.3) is 0 Å². The number of nitriles is 1. The van der Waals surface area contributed by atoms with Gasteiger partial charge < -0.3 is 5.32 Å². The monoisotopic (exact) mass is 340 g/mol. The number of benzene rings is 2. The van der Waals surface area contributed by atoms with Crippen LogP contribution in [-0.2, 0) is 6.54 Å². The van der Waals surface area contributed by atoms with Crippen LogP contribution in [0, 0.1) is 28.8 Å². The molecule has 2 aromatic rings. The molecule has 2 aromatic carbocycles. The standard InChI is InChI=1S/C14H8BrF3N2/c15-11-2-1-9(5-14(11)18)20-7-10-12(16)3-8(6-19)4-13(10)17/h1-5,20H,7H2. The van der Waals surface area contributed by atoms with Crippen molar-refractivity contribution in [2.45, 2.75) is 6.54 Å². The molecule has 0 aliphatic rings. The molecule has 0 aromatic heterocycles.